The van der Waals surface area contributed by atoms with Crippen molar-refractivity contribution in [3.05, 3.63) is 35.7 Å². The maximum Gasteiger partial charge on any atom is 0.573 e. The van der Waals surface area contributed by atoms with Gasteiger partial charge in [-0.3, -0.25) is 0 Å². The lowest BCUT2D eigenvalue weighted by atomic mass is 9.86. The monoisotopic (exact) mass is 344 g/mol. The molecule has 0 unspecified atom stereocenters. The van der Waals surface area contributed by atoms with Crippen LogP contribution in [0.4, 0.5) is 17.6 Å². The second-order valence-electron chi connectivity index (χ2n) is 6.49. The minimum atomic E-state index is -4.96. The summed E-state index contributed by atoms with van der Waals surface area (Å²) in [4.78, 5) is 0. The molecule has 0 heterocycles. The maximum absolute atomic E-state index is 14.5. The Bertz CT molecular complexity index is 602. The Labute approximate surface area is 138 Å². The average Bonchev–Trinajstić information content (AvgIpc) is 3.26. The Morgan fingerprint density at radius 3 is 2.46 bits per heavy atom. The van der Waals surface area contributed by atoms with Crippen molar-refractivity contribution in [3.63, 3.8) is 0 Å². The molecule has 0 saturated heterocycles. The summed E-state index contributed by atoms with van der Waals surface area (Å²) in [6, 6.07) is 2.83. The summed E-state index contributed by atoms with van der Waals surface area (Å²) in [5.74, 6) is -1.19. The van der Waals surface area contributed by atoms with Crippen LogP contribution in [0.5, 0.6) is 11.5 Å². The average molecular weight is 344 g/mol. The maximum atomic E-state index is 14.5. The number of hydrogen-bond acceptors (Lipinski definition) is 2. The third-order valence-corrected chi connectivity index (χ3v) is 4.43. The predicted octanol–water partition coefficient (Wildman–Crippen LogP) is 5.41. The molecule has 1 aromatic rings. The van der Waals surface area contributed by atoms with Crippen molar-refractivity contribution in [2.45, 2.75) is 44.9 Å². The molecule has 0 amide bonds. The molecule has 0 aromatic heterocycles. The van der Waals surface area contributed by atoms with Crippen LogP contribution in [-0.2, 0) is 6.42 Å². The molecule has 132 valence electrons. The summed E-state index contributed by atoms with van der Waals surface area (Å²) in [5, 5.41) is 0. The van der Waals surface area contributed by atoms with Gasteiger partial charge in [0.25, 0.3) is 0 Å². The van der Waals surface area contributed by atoms with Gasteiger partial charge in [0, 0.05) is 0 Å². The van der Waals surface area contributed by atoms with Gasteiger partial charge in [-0.2, -0.15) is 0 Å². The quantitative estimate of drug-likeness (QED) is 0.486. The standard InChI is InChI=1S/C18H20F4O2/c19-16-14(6-2-3-12-7-8-12)9-10-15(17(16)24-18(20,21)22)23-11-13-4-1-5-13/h2-3,9-10,12-13H,1,4-8,11H2/b3-2+. The van der Waals surface area contributed by atoms with E-state index in [-0.39, 0.29) is 24.3 Å². The summed E-state index contributed by atoms with van der Waals surface area (Å²) in [6.45, 7) is 0.286. The molecule has 0 spiro atoms. The number of ether oxygens (including phenoxy) is 2. The van der Waals surface area contributed by atoms with Gasteiger partial charge in [0.15, 0.2) is 11.6 Å². The molecular weight excluding hydrogens is 324 g/mol. The highest BCUT2D eigenvalue weighted by Gasteiger charge is 2.35. The van der Waals surface area contributed by atoms with Crippen LogP contribution in [-0.4, -0.2) is 13.0 Å². The van der Waals surface area contributed by atoms with Gasteiger partial charge in [-0.05, 0) is 55.6 Å². The number of halogens is 4. The normalized spacial score (nSPS) is 18.7. The number of rotatable bonds is 7. The molecule has 1 aromatic carbocycles. The Hall–Kier alpha value is -1.72. The zero-order valence-corrected chi connectivity index (χ0v) is 13.2. The first-order chi connectivity index (χ1) is 11.4. The van der Waals surface area contributed by atoms with Crippen LogP contribution in [0.3, 0.4) is 0 Å². The molecule has 2 aliphatic carbocycles. The van der Waals surface area contributed by atoms with E-state index in [9.17, 15) is 17.6 Å². The number of allylic oxidation sites excluding steroid dienone is 2. The van der Waals surface area contributed by atoms with Crippen LogP contribution in [0.1, 0.15) is 37.7 Å². The molecule has 0 bridgehead atoms. The highest BCUT2D eigenvalue weighted by atomic mass is 19.4. The van der Waals surface area contributed by atoms with Crippen LogP contribution in [0.25, 0.3) is 0 Å². The van der Waals surface area contributed by atoms with E-state index in [1.54, 1.807) is 6.08 Å². The fraction of sp³-hybridized carbons (Fsp3) is 0.556. The highest BCUT2D eigenvalue weighted by molar-refractivity contribution is 5.45. The van der Waals surface area contributed by atoms with Crippen molar-refractivity contribution in [1.29, 1.82) is 0 Å². The summed E-state index contributed by atoms with van der Waals surface area (Å²) in [7, 11) is 0. The lowest BCUT2D eigenvalue weighted by Crippen LogP contribution is -2.22. The van der Waals surface area contributed by atoms with Crippen LogP contribution in [0, 0.1) is 17.7 Å². The molecule has 2 aliphatic rings. The molecule has 2 fully saturated rings. The van der Waals surface area contributed by atoms with E-state index >= 15 is 0 Å². The third kappa shape index (κ3) is 4.65. The first-order valence-corrected chi connectivity index (χ1v) is 8.29. The van der Waals surface area contributed by atoms with Gasteiger partial charge in [-0.25, -0.2) is 4.39 Å². The van der Waals surface area contributed by atoms with Gasteiger partial charge in [-0.15, -0.1) is 13.2 Å². The van der Waals surface area contributed by atoms with Crippen LogP contribution in [0.15, 0.2) is 24.3 Å². The zero-order valence-electron chi connectivity index (χ0n) is 13.2. The van der Waals surface area contributed by atoms with E-state index in [0.29, 0.717) is 11.8 Å². The van der Waals surface area contributed by atoms with E-state index in [0.717, 1.165) is 32.1 Å². The van der Waals surface area contributed by atoms with Crippen LogP contribution < -0.4 is 9.47 Å². The van der Waals surface area contributed by atoms with Crippen LogP contribution in [0.2, 0.25) is 0 Å². The van der Waals surface area contributed by atoms with Crippen molar-refractivity contribution in [3.8, 4) is 11.5 Å². The summed E-state index contributed by atoms with van der Waals surface area (Å²) in [6.07, 6.45) is 4.36. The molecule has 2 nitrogen and oxygen atoms in total. The fourth-order valence-corrected chi connectivity index (χ4v) is 2.60. The summed E-state index contributed by atoms with van der Waals surface area (Å²) in [5.41, 5.74) is 0.169. The van der Waals surface area contributed by atoms with Crippen molar-refractivity contribution in [1.82, 2.24) is 0 Å². The number of benzene rings is 1. The van der Waals surface area contributed by atoms with E-state index < -0.39 is 17.9 Å². The fourth-order valence-electron chi connectivity index (χ4n) is 2.60. The van der Waals surface area contributed by atoms with Crippen molar-refractivity contribution < 1.29 is 27.0 Å². The largest absolute Gasteiger partial charge is 0.573 e. The van der Waals surface area contributed by atoms with Crippen molar-refractivity contribution in [2.75, 3.05) is 6.61 Å². The lowest BCUT2D eigenvalue weighted by molar-refractivity contribution is -0.276. The number of hydrogen-bond donors (Lipinski definition) is 0. The second-order valence-corrected chi connectivity index (χ2v) is 6.49. The Morgan fingerprint density at radius 1 is 1.12 bits per heavy atom. The Morgan fingerprint density at radius 2 is 1.88 bits per heavy atom. The molecule has 2 saturated carbocycles. The molecule has 3 rings (SSSR count). The van der Waals surface area contributed by atoms with Gasteiger partial charge in [0.2, 0.25) is 5.75 Å². The Kier molecular flexibility index (Phi) is 5.01. The molecule has 24 heavy (non-hydrogen) atoms. The zero-order chi connectivity index (χ0) is 17.2. The van der Waals surface area contributed by atoms with Gasteiger partial charge < -0.3 is 9.47 Å². The van der Waals surface area contributed by atoms with E-state index in [4.69, 9.17) is 4.74 Å². The minimum Gasteiger partial charge on any atom is -0.489 e. The van der Waals surface area contributed by atoms with Gasteiger partial charge in [0.1, 0.15) is 0 Å². The predicted molar refractivity (Wildman–Crippen MR) is 81.5 cm³/mol. The lowest BCUT2D eigenvalue weighted by Gasteiger charge is -2.26. The minimum absolute atomic E-state index is 0.169. The first-order valence-electron chi connectivity index (χ1n) is 8.29. The summed E-state index contributed by atoms with van der Waals surface area (Å²) >= 11 is 0. The molecule has 0 N–H and O–H groups in total. The van der Waals surface area contributed by atoms with Crippen LogP contribution >= 0.6 is 0 Å². The first kappa shape index (κ1) is 17.1. The second kappa shape index (κ2) is 7.03. The SMILES string of the molecule is Fc1c(C/C=C/C2CC2)ccc(OCC2CCC2)c1OC(F)(F)F. The van der Waals surface area contributed by atoms with Gasteiger partial charge in [0.05, 0.1) is 6.61 Å². The molecular formula is C18H20F4O2. The smallest absolute Gasteiger partial charge is 0.489 e. The van der Waals surface area contributed by atoms with Gasteiger partial charge in [-0.1, -0.05) is 24.6 Å². The number of alkyl halides is 3. The molecule has 6 heteroatoms. The molecule has 0 aliphatic heterocycles. The van der Waals surface area contributed by atoms with E-state index in [1.807, 2.05) is 6.08 Å². The van der Waals surface area contributed by atoms with Crippen molar-refractivity contribution >= 4 is 0 Å². The summed E-state index contributed by atoms with van der Waals surface area (Å²) < 4.78 is 61.6. The molecule has 0 atom stereocenters. The van der Waals surface area contributed by atoms with Crippen molar-refractivity contribution in [2.24, 2.45) is 11.8 Å². The van der Waals surface area contributed by atoms with Gasteiger partial charge >= 0.3 is 6.36 Å². The third-order valence-electron chi connectivity index (χ3n) is 4.43. The van der Waals surface area contributed by atoms with E-state index in [1.165, 1.54) is 12.1 Å². The topological polar surface area (TPSA) is 18.5 Å². The molecule has 0 radical (unpaired) electrons. The Balaban J connectivity index is 1.76. The highest BCUT2D eigenvalue weighted by Crippen LogP contribution is 2.38. The van der Waals surface area contributed by atoms with E-state index in [2.05, 4.69) is 4.74 Å².